The summed E-state index contributed by atoms with van der Waals surface area (Å²) in [6.45, 7) is 4.55. The van der Waals surface area contributed by atoms with Crippen molar-refractivity contribution in [2.45, 2.75) is 57.5 Å². The Morgan fingerprint density at radius 1 is 1.11 bits per heavy atom. The van der Waals surface area contributed by atoms with Crippen molar-refractivity contribution in [1.29, 1.82) is 0 Å². The SMILES string of the molecule is Cc1cc(C(=O)NC2CCN(C)C2)ccc1Nc1ncc2c(n1)N(C1CCCC1)CCC(=O)N2C. The average Bonchev–Trinajstić information content (AvgIpc) is 3.50. The van der Waals surface area contributed by atoms with E-state index in [0.717, 1.165) is 55.1 Å². The predicted molar refractivity (Wildman–Crippen MR) is 137 cm³/mol. The van der Waals surface area contributed by atoms with Crippen molar-refractivity contribution in [1.82, 2.24) is 20.2 Å². The van der Waals surface area contributed by atoms with Crippen molar-refractivity contribution in [3.8, 4) is 0 Å². The Kier molecular flexibility index (Phi) is 6.60. The first kappa shape index (κ1) is 23.5. The van der Waals surface area contributed by atoms with Gasteiger partial charge >= 0.3 is 0 Å². The van der Waals surface area contributed by atoms with Crippen LogP contribution in [0.5, 0.6) is 0 Å². The van der Waals surface area contributed by atoms with Gasteiger partial charge < -0.3 is 25.3 Å². The molecule has 2 fully saturated rings. The number of nitrogens with one attached hydrogen (secondary N) is 2. The molecule has 0 radical (unpaired) electrons. The summed E-state index contributed by atoms with van der Waals surface area (Å²) >= 11 is 0. The maximum Gasteiger partial charge on any atom is 0.251 e. The van der Waals surface area contributed by atoms with Crippen molar-refractivity contribution in [2.24, 2.45) is 0 Å². The monoisotopic (exact) mass is 477 g/mol. The van der Waals surface area contributed by atoms with Gasteiger partial charge in [0.25, 0.3) is 5.91 Å². The molecule has 2 N–H and O–H groups in total. The molecule has 3 heterocycles. The largest absolute Gasteiger partial charge is 0.351 e. The number of aromatic nitrogens is 2. The molecule has 5 rings (SSSR count). The molecule has 1 saturated heterocycles. The normalized spacial score (nSPS) is 21.2. The summed E-state index contributed by atoms with van der Waals surface area (Å²) in [5.74, 6) is 1.35. The average molecular weight is 478 g/mol. The fourth-order valence-corrected chi connectivity index (χ4v) is 5.46. The minimum Gasteiger partial charge on any atom is -0.351 e. The van der Waals surface area contributed by atoms with Crippen LogP contribution in [0.15, 0.2) is 24.4 Å². The van der Waals surface area contributed by atoms with Crippen LogP contribution in [-0.4, -0.2) is 72.5 Å². The molecular weight excluding hydrogens is 442 g/mol. The standard InChI is InChI=1S/C26H35N7O2/c1-17-14-18(25(35)28-19-10-12-31(2)16-19)8-9-21(17)29-26-27-15-22-24(30-26)33(20-6-4-5-7-20)13-11-23(34)32(22)3/h8-9,14-15,19-20H,4-7,10-13,16H2,1-3H3,(H,28,35)(H,27,29,30). The third kappa shape index (κ3) is 4.96. The third-order valence-electron chi connectivity index (χ3n) is 7.55. The Balaban J connectivity index is 1.35. The Morgan fingerprint density at radius 3 is 2.63 bits per heavy atom. The lowest BCUT2D eigenvalue weighted by Crippen LogP contribution is -2.36. The van der Waals surface area contributed by atoms with Gasteiger partial charge in [-0.1, -0.05) is 12.8 Å². The molecule has 2 aromatic rings. The van der Waals surface area contributed by atoms with Crippen LogP contribution in [0.4, 0.5) is 23.1 Å². The van der Waals surface area contributed by atoms with Crippen LogP contribution in [0.2, 0.25) is 0 Å². The van der Waals surface area contributed by atoms with Crippen LogP contribution in [0, 0.1) is 6.92 Å². The minimum atomic E-state index is -0.0406. The number of fused-ring (bicyclic) bond motifs is 1. The smallest absolute Gasteiger partial charge is 0.251 e. The summed E-state index contributed by atoms with van der Waals surface area (Å²) in [4.78, 5) is 40.9. The van der Waals surface area contributed by atoms with E-state index in [2.05, 4.69) is 32.5 Å². The fraction of sp³-hybridized carbons (Fsp3) is 0.538. The lowest BCUT2D eigenvalue weighted by Gasteiger charge is -2.30. The number of likely N-dealkylation sites (N-methyl/N-ethyl adjacent to an activating group) is 1. The molecule has 9 heteroatoms. The van der Waals surface area contributed by atoms with Gasteiger partial charge in [0.1, 0.15) is 5.69 Å². The third-order valence-corrected chi connectivity index (χ3v) is 7.55. The minimum absolute atomic E-state index is 0.0406. The zero-order valence-corrected chi connectivity index (χ0v) is 20.9. The molecule has 0 spiro atoms. The van der Waals surface area contributed by atoms with E-state index < -0.39 is 0 Å². The maximum absolute atomic E-state index is 12.7. The molecule has 186 valence electrons. The molecule has 3 aliphatic rings. The Morgan fingerprint density at radius 2 is 1.91 bits per heavy atom. The Labute approximate surface area is 206 Å². The summed E-state index contributed by atoms with van der Waals surface area (Å²) in [5.41, 5.74) is 3.21. The Bertz CT molecular complexity index is 1110. The number of likely N-dealkylation sites (tertiary alicyclic amines) is 1. The number of anilines is 4. The highest BCUT2D eigenvalue weighted by atomic mass is 16.2. The van der Waals surface area contributed by atoms with Gasteiger partial charge in [-0.15, -0.1) is 0 Å². The van der Waals surface area contributed by atoms with E-state index in [0.29, 0.717) is 30.5 Å². The molecule has 0 bridgehead atoms. The second-order valence-electron chi connectivity index (χ2n) is 10.1. The number of nitrogens with zero attached hydrogens (tertiary/aromatic N) is 5. The first-order valence-electron chi connectivity index (χ1n) is 12.7. The van der Waals surface area contributed by atoms with E-state index in [-0.39, 0.29) is 17.9 Å². The summed E-state index contributed by atoms with van der Waals surface area (Å²) in [6.07, 6.45) is 7.89. The van der Waals surface area contributed by atoms with E-state index in [1.54, 1.807) is 18.1 Å². The first-order chi connectivity index (χ1) is 16.9. The van der Waals surface area contributed by atoms with E-state index in [1.807, 2.05) is 25.1 Å². The van der Waals surface area contributed by atoms with Gasteiger partial charge in [-0.2, -0.15) is 4.98 Å². The summed E-state index contributed by atoms with van der Waals surface area (Å²) in [7, 11) is 3.87. The lowest BCUT2D eigenvalue weighted by atomic mass is 10.1. The van der Waals surface area contributed by atoms with E-state index in [9.17, 15) is 9.59 Å². The van der Waals surface area contributed by atoms with Crippen molar-refractivity contribution >= 4 is 35.0 Å². The van der Waals surface area contributed by atoms with Crippen LogP contribution in [0.1, 0.15) is 54.4 Å². The van der Waals surface area contributed by atoms with Gasteiger partial charge in [0.15, 0.2) is 5.82 Å². The first-order valence-corrected chi connectivity index (χ1v) is 12.7. The molecule has 9 nitrogen and oxygen atoms in total. The second-order valence-corrected chi connectivity index (χ2v) is 10.1. The van der Waals surface area contributed by atoms with Gasteiger partial charge in [0.05, 0.1) is 6.20 Å². The number of carbonyl (C=O) groups is 2. The zero-order chi connectivity index (χ0) is 24.5. The summed E-state index contributed by atoms with van der Waals surface area (Å²) < 4.78 is 0. The number of aryl methyl sites for hydroxylation is 1. The molecular formula is C26H35N7O2. The highest BCUT2D eigenvalue weighted by Crippen LogP contribution is 2.36. The molecule has 1 unspecified atom stereocenters. The van der Waals surface area contributed by atoms with Crippen molar-refractivity contribution in [2.75, 3.05) is 48.8 Å². The van der Waals surface area contributed by atoms with Crippen molar-refractivity contribution in [3.05, 3.63) is 35.5 Å². The van der Waals surface area contributed by atoms with Crippen LogP contribution in [0.25, 0.3) is 0 Å². The maximum atomic E-state index is 12.7. The molecule has 1 aliphatic carbocycles. The predicted octanol–water partition coefficient (Wildman–Crippen LogP) is 3.08. The zero-order valence-electron chi connectivity index (χ0n) is 20.9. The second kappa shape index (κ2) is 9.81. The molecule has 1 aromatic heterocycles. The van der Waals surface area contributed by atoms with Gasteiger partial charge in [-0.3, -0.25) is 9.59 Å². The molecule has 1 saturated carbocycles. The lowest BCUT2D eigenvalue weighted by molar-refractivity contribution is -0.118. The van der Waals surface area contributed by atoms with Crippen LogP contribution in [0.3, 0.4) is 0 Å². The molecule has 2 aliphatic heterocycles. The van der Waals surface area contributed by atoms with Gasteiger partial charge in [0.2, 0.25) is 11.9 Å². The highest BCUT2D eigenvalue weighted by molar-refractivity contribution is 5.97. The number of rotatable bonds is 5. The van der Waals surface area contributed by atoms with Gasteiger partial charge in [0, 0.05) is 49.9 Å². The van der Waals surface area contributed by atoms with Crippen LogP contribution >= 0.6 is 0 Å². The number of carbonyl (C=O) groups excluding carboxylic acids is 2. The van der Waals surface area contributed by atoms with Crippen LogP contribution < -0.4 is 20.4 Å². The quantitative estimate of drug-likeness (QED) is 0.684. The molecule has 1 aromatic carbocycles. The van der Waals surface area contributed by atoms with Gasteiger partial charge in [-0.05, 0) is 63.5 Å². The number of hydrogen-bond donors (Lipinski definition) is 2. The fourth-order valence-electron chi connectivity index (χ4n) is 5.46. The van der Waals surface area contributed by atoms with E-state index >= 15 is 0 Å². The van der Waals surface area contributed by atoms with Gasteiger partial charge in [-0.25, -0.2) is 4.98 Å². The van der Waals surface area contributed by atoms with Crippen molar-refractivity contribution < 1.29 is 9.59 Å². The number of hydrogen-bond acceptors (Lipinski definition) is 7. The highest BCUT2D eigenvalue weighted by Gasteiger charge is 2.31. The molecule has 2 amide bonds. The number of benzene rings is 1. The topological polar surface area (TPSA) is 93.7 Å². The number of amides is 2. The molecule has 35 heavy (non-hydrogen) atoms. The van der Waals surface area contributed by atoms with E-state index in [1.165, 1.54) is 12.8 Å². The van der Waals surface area contributed by atoms with Crippen LogP contribution in [-0.2, 0) is 4.79 Å². The summed E-state index contributed by atoms with van der Waals surface area (Å²) in [5, 5.41) is 6.47. The molecule has 1 atom stereocenters. The summed E-state index contributed by atoms with van der Waals surface area (Å²) in [6, 6.07) is 6.26. The van der Waals surface area contributed by atoms with Crippen molar-refractivity contribution in [3.63, 3.8) is 0 Å². The van der Waals surface area contributed by atoms with E-state index in [4.69, 9.17) is 4.98 Å². The Hall–Kier alpha value is -3.20.